The average Bonchev–Trinajstić information content (AvgIpc) is 2.28. The monoisotopic (exact) mass is 240 g/mol. The van der Waals surface area contributed by atoms with E-state index in [9.17, 15) is 4.79 Å². The van der Waals surface area contributed by atoms with Crippen LogP contribution in [0.25, 0.3) is 0 Å². The molecule has 0 aromatic heterocycles. The molecule has 0 spiro atoms. The molecule has 17 heavy (non-hydrogen) atoms. The Morgan fingerprint density at radius 2 is 2.06 bits per heavy atom. The van der Waals surface area contributed by atoms with Crippen LogP contribution < -0.4 is 5.32 Å². The Morgan fingerprint density at radius 1 is 1.47 bits per heavy atom. The molecule has 4 heteroatoms. The number of carbonyl (C=O) groups is 1. The number of likely N-dealkylation sites (tertiary alicyclic amines) is 1. The van der Waals surface area contributed by atoms with Crippen molar-refractivity contribution in [2.24, 2.45) is 0 Å². The lowest BCUT2D eigenvalue weighted by Gasteiger charge is -2.32. The lowest BCUT2D eigenvalue weighted by molar-refractivity contribution is -0.139. The van der Waals surface area contributed by atoms with Crippen LogP contribution in [0.2, 0.25) is 0 Å². The van der Waals surface area contributed by atoms with Gasteiger partial charge in [0.05, 0.1) is 0 Å². The molecule has 0 aromatic rings. The molecule has 98 valence electrons. The van der Waals surface area contributed by atoms with Gasteiger partial charge in [-0.05, 0) is 46.7 Å². The van der Waals surface area contributed by atoms with E-state index in [-0.39, 0.29) is 0 Å². The molecule has 1 aliphatic rings. The number of hydrogen-bond donors (Lipinski definition) is 2. The Morgan fingerprint density at radius 3 is 2.53 bits per heavy atom. The SMILES string of the molecule is CC(C)=CCN1CCC(NC(C)C(=O)O)CC1. The predicted octanol–water partition coefficient (Wildman–Crippen LogP) is 1.48. The van der Waals surface area contributed by atoms with E-state index in [4.69, 9.17) is 5.11 Å². The van der Waals surface area contributed by atoms with Gasteiger partial charge in [0.15, 0.2) is 0 Å². The highest BCUT2D eigenvalue weighted by molar-refractivity contribution is 5.72. The lowest BCUT2D eigenvalue weighted by Crippen LogP contribution is -2.47. The van der Waals surface area contributed by atoms with Crippen molar-refractivity contribution < 1.29 is 9.90 Å². The molecule has 4 nitrogen and oxygen atoms in total. The first-order valence-electron chi connectivity index (χ1n) is 6.33. The van der Waals surface area contributed by atoms with Crippen LogP contribution in [0, 0.1) is 0 Å². The normalized spacial score (nSPS) is 19.9. The zero-order valence-electron chi connectivity index (χ0n) is 11.1. The van der Waals surface area contributed by atoms with Crippen LogP contribution in [0.5, 0.6) is 0 Å². The molecule has 1 fully saturated rings. The molecule has 1 unspecified atom stereocenters. The van der Waals surface area contributed by atoms with Gasteiger partial charge in [-0.3, -0.25) is 9.69 Å². The second-order valence-corrected chi connectivity index (χ2v) is 5.08. The first kappa shape index (κ1) is 14.2. The largest absolute Gasteiger partial charge is 0.480 e. The second kappa shape index (κ2) is 6.77. The number of piperidine rings is 1. The van der Waals surface area contributed by atoms with E-state index < -0.39 is 12.0 Å². The molecule has 2 N–H and O–H groups in total. The molecular formula is C13H24N2O2. The van der Waals surface area contributed by atoms with Gasteiger partial charge in [-0.15, -0.1) is 0 Å². The van der Waals surface area contributed by atoms with Gasteiger partial charge < -0.3 is 10.4 Å². The van der Waals surface area contributed by atoms with Crippen molar-refractivity contribution in [1.82, 2.24) is 10.2 Å². The number of nitrogens with one attached hydrogen (secondary N) is 1. The van der Waals surface area contributed by atoms with Gasteiger partial charge >= 0.3 is 5.97 Å². The van der Waals surface area contributed by atoms with Crippen molar-refractivity contribution in [3.63, 3.8) is 0 Å². The Bertz CT molecular complexity index is 277. The van der Waals surface area contributed by atoms with Crippen LogP contribution in [0.15, 0.2) is 11.6 Å². The third kappa shape index (κ3) is 5.33. The van der Waals surface area contributed by atoms with Crippen LogP contribution in [0.4, 0.5) is 0 Å². The minimum Gasteiger partial charge on any atom is -0.480 e. The molecule has 1 rings (SSSR count). The van der Waals surface area contributed by atoms with E-state index in [2.05, 4.69) is 30.1 Å². The predicted molar refractivity (Wildman–Crippen MR) is 69.1 cm³/mol. The Balaban J connectivity index is 2.26. The summed E-state index contributed by atoms with van der Waals surface area (Å²) in [5.74, 6) is -0.767. The fourth-order valence-electron chi connectivity index (χ4n) is 2.02. The standard InChI is InChI=1S/C13H24N2O2/c1-10(2)4-7-15-8-5-12(6-9-15)14-11(3)13(16)17/h4,11-12,14H,5-9H2,1-3H3,(H,16,17). The number of carboxylic acids is 1. The molecule has 0 amide bonds. The number of rotatable bonds is 5. The maximum absolute atomic E-state index is 10.7. The zero-order valence-corrected chi connectivity index (χ0v) is 11.1. The fourth-order valence-corrected chi connectivity index (χ4v) is 2.02. The van der Waals surface area contributed by atoms with Gasteiger partial charge in [0.25, 0.3) is 0 Å². The molecule has 0 radical (unpaired) electrons. The molecule has 0 aliphatic carbocycles. The highest BCUT2D eigenvalue weighted by Gasteiger charge is 2.21. The van der Waals surface area contributed by atoms with E-state index >= 15 is 0 Å². The highest BCUT2D eigenvalue weighted by Crippen LogP contribution is 2.11. The van der Waals surface area contributed by atoms with E-state index in [0.717, 1.165) is 32.5 Å². The number of nitrogens with zero attached hydrogens (tertiary/aromatic N) is 1. The molecule has 0 bridgehead atoms. The summed E-state index contributed by atoms with van der Waals surface area (Å²) in [7, 11) is 0. The van der Waals surface area contributed by atoms with Crippen molar-refractivity contribution in [3.8, 4) is 0 Å². The van der Waals surface area contributed by atoms with Crippen LogP contribution in [0.3, 0.4) is 0 Å². The van der Waals surface area contributed by atoms with Gasteiger partial charge in [0.2, 0.25) is 0 Å². The van der Waals surface area contributed by atoms with Crippen molar-refractivity contribution >= 4 is 5.97 Å². The number of aliphatic carboxylic acids is 1. The maximum atomic E-state index is 10.7. The molecule has 1 atom stereocenters. The number of hydrogen-bond acceptors (Lipinski definition) is 3. The highest BCUT2D eigenvalue weighted by atomic mass is 16.4. The summed E-state index contributed by atoms with van der Waals surface area (Å²) >= 11 is 0. The average molecular weight is 240 g/mol. The maximum Gasteiger partial charge on any atom is 0.320 e. The van der Waals surface area contributed by atoms with Gasteiger partial charge in [-0.1, -0.05) is 11.6 Å². The first-order valence-corrected chi connectivity index (χ1v) is 6.33. The van der Waals surface area contributed by atoms with Crippen molar-refractivity contribution in [2.75, 3.05) is 19.6 Å². The number of allylic oxidation sites excluding steroid dienone is 1. The van der Waals surface area contributed by atoms with Crippen molar-refractivity contribution in [3.05, 3.63) is 11.6 Å². The third-order valence-corrected chi connectivity index (χ3v) is 3.20. The van der Waals surface area contributed by atoms with E-state index in [1.54, 1.807) is 6.92 Å². The second-order valence-electron chi connectivity index (χ2n) is 5.08. The quantitative estimate of drug-likeness (QED) is 0.715. The molecule has 1 saturated heterocycles. The van der Waals surface area contributed by atoms with Crippen LogP contribution in [-0.4, -0.2) is 47.7 Å². The summed E-state index contributed by atoms with van der Waals surface area (Å²) in [6.45, 7) is 9.05. The van der Waals surface area contributed by atoms with Crippen LogP contribution in [0.1, 0.15) is 33.6 Å². The van der Waals surface area contributed by atoms with E-state index in [1.165, 1.54) is 5.57 Å². The van der Waals surface area contributed by atoms with Gasteiger partial charge in [0.1, 0.15) is 6.04 Å². The minimum atomic E-state index is -0.767. The van der Waals surface area contributed by atoms with Crippen LogP contribution in [-0.2, 0) is 4.79 Å². The minimum absolute atomic E-state index is 0.351. The summed E-state index contributed by atoms with van der Waals surface area (Å²) < 4.78 is 0. The topological polar surface area (TPSA) is 52.6 Å². The summed E-state index contributed by atoms with van der Waals surface area (Å²) in [6.07, 6.45) is 4.32. The van der Waals surface area contributed by atoms with E-state index in [1.807, 2.05) is 0 Å². The molecule has 0 aromatic carbocycles. The fraction of sp³-hybridized carbons (Fsp3) is 0.769. The molecular weight excluding hydrogens is 216 g/mol. The Labute approximate surface area is 104 Å². The lowest BCUT2D eigenvalue weighted by atomic mass is 10.0. The zero-order chi connectivity index (χ0) is 12.8. The first-order chi connectivity index (χ1) is 7.99. The van der Waals surface area contributed by atoms with Gasteiger partial charge in [0, 0.05) is 12.6 Å². The van der Waals surface area contributed by atoms with Crippen molar-refractivity contribution in [1.29, 1.82) is 0 Å². The summed E-state index contributed by atoms with van der Waals surface area (Å²) in [4.78, 5) is 13.1. The summed E-state index contributed by atoms with van der Waals surface area (Å²) in [5, 5.41) is 12.0. The molecule has 1 heterocycles. The molecule has 0 saturated carbocycles. The number of carboxylic acid groups (broad SMARTS) is 1. The van der Waals surface area contributed by atoms with Gasteiger partial charge in [-0.2, -0.15) is 0 Å². The summed E-state index contributed by atoms with van der Waals surface area (Å²) in [5.41, 5.74) is 1.35. The smallest absolute Gasteiger partial charge is 0.320 e. The van der Waals surface area contributed by atoms with Gasteiger partial charge in [-0.25, -0.2) is 0 Å². The molecule has 1 aliphatic heterocycles. The Kier molecular flexibility index (Phi) is 5.65. The van der Waals surface area contributed by atoms with E-state index in [0.29, 0.717) is 6.04 Å². The third-order valence-electron chi connectivity index (χ3n) is 3.20. The van der Waals surface area contributed by atoms with Crippen molar-refractivity contribution in [2.45, 2.75) is 45.7 Å². The Hall–Kier alpha value is -0.870. The summed E-state index contributed by atoms with van der Waals surface area (Å²) in [6, 6.07) is -0.0895. The van der Waals surface area contributed by atoms with Crippen LogP contribution >= 0.6 is 0 Å².